The van der Waals surface area contributed by atoms with Crippen molar-refractivity contribution < 1.29 is 4.74 Å². The third-order valence-electron chi connectivity index (χ3n) is 2.21. The molecule has 0 aromatic carbocycles. The van der Waals surface area contributed by atoms with E-state index in [-0.39, 0.29) is 0 Å². The Morgan fingerprint density at radius 1 is 1.50 bits per heavy atom. The Morgan fingerprint density at radius 2 is 2.20 bits per heavy atom. The van der Waals surface area contributed by atoms with Crippen molar-refractivity contribution in [3.63, 3.8) is 0 Å². The van der Waals surface area contributed by atoms with E-state index in [4.69, 9.17) is 4.74 Å². The monoisotopic (exact) mass is 143 g/mol. The smallest absolute Gasteiger partial charge is 0.0465 e. The zero-order chi connectivity index (χ0) is 7.40. The molecule has 0 aliphatic carbocycles. The van der Waals surface area contributed by atoms with Crippen LogP contribution in [0.5, 0.6) is 0 Å². The lowest BCUT2D eigenvalue weighted by Crippen LogP contribution is -2.46. The fourth-order valence-corrected chi connectivity index (χ4v) is 1.40. The zero-order valence-electron chi connectivity index (χ0n) is 6.97. The fourth-order valence-electron chi connectivity index (χ4n) is 1.40. The third-order valence-corrected chi connectivity index (χ3v) is 2.21. The summed E-state index contributed by atoms with van der Waals surface area (Å²) in [5, 5.41) is 0. The van der Waals surface area contributed by atoms with Crippen molar-refractivity contribution in [2.45, 2.75) is 13.3 Å². The first kappa shape index (κ1) is 8.02. The van der Waals surface area contributed by atoms with E-state index >= 15 is 0 Å². The van der Waals surface area contributed by atoms with E-state index < -0.39 is 0 Å². The van der Waals surface area contributed by atoms with Crippen LogP contribution in [0.25, 0.3) is 0 Å². The lowest BCUT2D eigenvalue weighted by molar-refractivity contribution is 0.0741. The predicted molar refractivity (Wildman–Crippen MR) is 42.1 cm³/mol. The van der Waals surface area contributed by atoms with Crippen LogP contribution in [-0.4, -0.2) is 38.3 Å². The van der Waals surface area contributed by atoms with Gasteiger partial charge in [-0.3, -0.25) is 0 Å². The van der Waals surface area contributed by atoms with Crippen LogP contribution in [0.1, 0.15) is 13.3 Å². The molecule has 2 heteroatoms. The van der Waals surface area contributed by atoms with Crippen LogP contribution in [0.3, 0.4) is 0 Å². The third kappa shape index (κ3) is 1.96. The molecule has 2 nitrogen and oxygen atoms in total. The summed E-state index contributed by atoms with van der Waals surface area (Å²) in [6.45, 7) is 6.94. The second-order valence-corrected chi connectivity index (χ2v) is 3.00. The number of hydrogen-bond acceptors (Lipinski definition) is 2. The van der Waals surface area contributed by atoms with Crippen LogP contribution in [0.4, 0.5) is 0 Å². The lowest BCUT2D eigenvalue weighted by atomic mass is 9.97. The summed E-state index contributed by atoms with van der Waals surface area (Å²) in [5.74, 6) is 0.917. The Bertz CT molecular complexity index is 86.5. The molecule has 10 heavy (non-hydrogen) atoms. The average molecular weight is 143 g/mol. The molecule has 1 rings (SSSR count). The number of likely N-dealkylation sites (tertiary alicyclic amines) is 1. The van der Waals surface area contributed by atoms with E-state index in [0.29, 0.717) is 0 Å². The normalized spacial score (nSPS) is 21.0. The highest BCUT2D eigenvalue weighted by Gasteiger charge is 2.23. The maximum atomic E-state index is 5.00. The number of nitrogens with zero attached hydrogens (tertiary/aromatic N) is 1. The van der Waals surface area contributed by atoms with Crippen molar-refractivity contribution in [1.82, 2.24) is 4.90 Å². The minimum atomic E-state index is 0.917. The predicted octanol–water partition coefficient (Wildman–Crippen LogP) is 0.975. The standard InChI is InChI=1S/C8H17NO/c1-3-9-6-8(7-9)4-5-10-2/h8H,3-7H2,1-2H3. The van der Waals surface area contributed by atoms with Crippen LogP contribution in [0, 0.1) is 5.92 Å². The molecular formula is C8H17NO. The molecule has 0 aromatic heterocycles. The van der Waals surface area contributed by atoms with Crippen molar-refractivity contribution in [2.24, 2.45) is 5.92 Å². The van der Waals surface area contributed by atoms with Gasteiger partial charge in [0.25, 0.3) is 0 Å². The first-order chi connectivity index (χ1) is 4.86. The van der Waals surface area contributed by atoms with Gasteiger partial charge in [0, 0.05) is 26.8 Å². The minimum absolute atomic E-state index is 0.917. The molecule has 0 spiro atoms. The summed E-state index contributed by atoms with van der Waals surface area (Å²) < 4.78 is 5.00. The summed E-state index contributed by atoms with van der Waals surface area (Å²) in [7, 11) is 1.77. The molecule has 60 valence electrons. The second kappa shape index (κ2) is 3.94. The molecule has 0 bridgehead atoms. The Labute approximate surface area is 63.2 Å². The molecule has 0 saturated carbocycles. The van der Waals surface area contributed by atoms with Crippen molar-refractivity contribution >= 4 is 0 Å². The molecule has 0 amide bonds. The van der Waals surface area contributed by atoms with E-state index in [0.717, 1.165) is 12.5 Å². The number of methoxy groups -OCH3 is 1. The molecule has 1 heterocycles. The van der Waals surface area contributed by atoms with Gasteiger partial charge in [-0.1, -0.05) is 6.92 Å². The first-order valence-corrected chi connectivity index (χ1v) is 4.08. The zero-order valence-corrected chi connectivity index (χ0v) is 6.97. The van der Waals surface area contributed by atoms with E-state index in [1.54, 1.807) is 7.11 Å². The second-order valence-electron chi connectivity index (χ2n) is 3.00. The lowest BCUT2D eigenvalue weighted by Gasteiger charge is -2.38. The van der Waals surface area contributed by atoms with Crippen molar-refractivity contribution in [3.05, 3.63) is 0 Å². The average Bonchev–Trinajstić information content (AvgIpc) is 1.86. The molecule has 0 N–H and O–H groups in total. The summed E-state index contributed by atoms with van der Waals surface area (Å²) in [5.41, 5.74) is 0. The van der Waals surface area contributed by atoms with E-state index in [2.05, 4.69) is 11.8 Å². The van der Waals surface area contributed by atoms with Gasteiger partial charge in [-0.15, -0.1) is 0 Å². The summed E-state index contributed by atoms with van der Waals surface area (Å²) >= 11 is 0. The van der Waals surface area contributed by atoms with Crippen molar-refractivity contribution in [3.8, 4) is 0 Å². The van der Waals surface area contributed by atoms with Crippen LogP contribution < -0.4 is 0 Å². The van der Waals surface area contributed by atoms with Gasteiger partial charge in [-0.2, -0.15) is 0 Å². The minimum Gasteiger partial charge on any atom is -0.385 e. The number of hydrogen-bond donors (Lipinski definition) is 0. The highest BCUT2D eigenvalue weighted by molar-refractivity contribution is 4.77. The Kier molecular flexibility index (Phi) is 3.16. The van der Waals surface area contributed by atoms with Crippen LogP contribution in [0.15, 0.2) is 0 Å². The van der Waals surface area contributed by atoms with Gasteiger partial charge in [0.05, 0.1) is 0 Å². The maximum Gasteiger partial charge on any atom is 0.0465 e. The Hall–Kier alpha value is -0.0800. The summed E-state index contributed by atoms with van der Waals surface area (Å²) in [6, 6.07) is 0. The quantitative estimate of drug-likeness (QED) is 0.581. The van der Waals surface area contributed by atoms with Crippen LogP contribution in [-0.2, 0) is 4.74 Å². The molecule has 0 atom stereocenters. The van der Waals surface area contributed by atoms with Crippen LogP contribution in [0.2, 0.25) is 0 Å². The molecule has 1 fully saturated rings. The highest BCUT2D eigenvalue weighted by Crippen LogP contribution is 2.17. The van der Waals surface area contributed by atoms with Gasteiger partial charge in [0.2, 0.25) is 0 Å². The van der Waals surface area contributed by atoms with Gasteiger partial charge in [-0.05, 0) is 18.9 Å². The summed E-state index contributed by atoms with van der Waals surface area (Å²) in [6.07, 6.45) is 1.24. The molecule has 1 aliphatic heterocycles. The molecule has 0 radical (unpaired) electrons. The van der Waals surface area contributed by atoms with Gasteiger partial charge in [0.15, 0.2) is 0 Å². The first-order valence-electron chi connectivity index (χ1n) is 4.08. The molecule has 1 saturated heterocycles. The Morgan fingerprint density at radius 3 is 2.70 bits per heavy atom. The summed E-state index contributed by atoms with van der Waals surface area (Å²) in [4.78, 5) is 2.46. The highest BCUT2D eigenvalue weighted by atomic mass is 16.5. The maximum absolute atomic E-state index is 5.00. The molecule has 0 unspecified atom stereocenters. The van der Waals surface area contributed by atoms with E-state index in [1.807, 2.05) is 0 Å². The SMILES string of the molecule is CCN1CC(CCOC)C1. The van der Waals surface area contributed by atoms with Gasteiger partial charge >= 0.3 is 0 Å². The van der Waals surface area contributed by atoms with E-state index in [1.165, 1.54) is 26.1 Å². The number of rotatable bonds is 4. The van der Waals surface area contributed by atoms with Crippen molar-refractivity contribution in [2.75, 3.05) is 33.4 Å². The van der Waals surface area contributed by atoms with Crippen molar-refractivity contribution in [1.29, 1.82) is 0 Å². The molecule has 1 aliphatic rings. The fraction of sp³-hybridized carbons (Fsp3) is 1.00. The Balaban J connectivity index is 1.93. The topological polar surface area (TPSA) is 12.5 Å². The van der Waals surface area contributed by atoms with Gasteiger partial charge < -0.3 is 9.64 Å². The van der Waals surface area contributed by atoms with Crippen LogP contribution >= 0.6 is 0 Å². The van der Waals surface area contributed by atoms with E-state index in [9.17, 15) is 0 Å². The number of ether oxygens (including phenoxy) is 1. The largest absolute Gasteiger partial charge is 0.385 e. The van der Waals surface area contributed by atoms with Gasteiger partial charge in [-0.25, -0.2) is 0 Å². The van der Waals surface area contributed by atoms with Gasteiger partial charge in [0.1, 0.15) is 0 Å². The molecular weight excluding hydrogens is 126 g/mol. The molecule has 0 aromatic rings.